The molecule has 0 aliphatic heterocycles. The van der Waals surface area contributed by atoms with E-state index in [1.165, 1.54) is 0 Å². The monoisotopic (exact) mass is 145 g/mol. The molecule has 0 unspecified atom stereocenters. The maximum Gasteiger partial charge on any atom is 0.108 e. The molecular weight excluding hydrogens is 138 g/mol. The van der Waals surface area contributed by atoms with E-state index in [9.17, 15) is 0 Å². The van der Waals surface area contributed by atoms with Crippen molar-refractivity contribution in [3.05, 3.63) is 23.0 Å². The molecule has 0 bridgehead atoms. The zero-order chi connectivity index (χ0) is 6.85. The van der Waals surface area contributed by atoms with Crippen LogP contribution in [-0.2, 0) is 13.7 Å². The van der Waals surface area contributed by atoms with E-state index in [0.717, 1.165) is 5.69 Å². The van der Waals surface area contributed by atoms with Crippen LogP contribution in [0.1, 0.15) is 5.69 Å². The summed E-state index contributed by atoms with van der Waals surface area (Å²) in [6.45, 7) is 0.0449. The molecule has 2 nitrogen and oxygen atoms in total. The van der Waals surface area contributed by atoms with Gasteiger partial charge < -0.3 is 9.67 Å². The van der Waals surface area contributed by atoms with Crippen LogP contribution >= 0.6 is 11.6 Å². The van der Waals surface area contributed by atoms with Crippen molar-refractivity contribution in [1.29, 1.82) is 0 Å². The van der Waals surface area contributed by atoms with Gasteiger partial charge in [-0.3, -0.25) is 0 Å². The molecule has 1 aromatic rings. The van der Waals surface area contributed by atoms with E-state index in [-0.39, 0.29) is 6.61 Å². The van der Waals surface area contributed by atoms with Gasteiger partial charge >= 0.3 is 0 Å². The molecule has 0 fully saturated rings. The summed E-state index contributed by atoms with van der Waals surface area (Å²) in [6, 6.07) is 3.55. The molecule has 0 aliphatic rings. The van der Waals surface area contributed by atoms with Gasteiger partial charge in [-0.25, -0.2) is 0 Å². The largest absolute Gasteiger partial charge is 0.390 e. The fraction of sp³-hybridized carbons (Fsp3) is 0.333. The van der Waals surface area contributed by atoms with E-state index in [1.807, 2.05) is 7.05 Å². The summed E-state index contributed by atoms with van der Waals surface area (Å²) in [5.74, 6) is 0. The number of aliphatic hydroxyl groups excluding tert-OH is 1. The van der Waals surface area contributed by atoms with Gasteiger partial charge in [0, 0.05) is 12.7 Å². The first kappa shape index (κ1) is 6.65. The Morgan fingerprint density at radius 2 is 2.33 bits per heavy atom. The van der Waals surface area contributed by atoms with Crippen LogP contribution in [0.2, 0.25) is 5.15 Å². The highest BCUT2D eigenvalue weighted by Crippen LogP contribution is 2.11. The maximum atomic E-state index is 8.65. The quantitative estimate of drug-likeness (QED) is 0.631. The summed E-state index contributed by atoms with van der Waals surface area (Å²) in [7, 11) is 1.81. The van der Waals surface area contributed by atoms with Crippen LogP contribution in [0.4, 0.5) is 0 Å². The molecule has 1 aromatic heterocycles. The summed E-state index contributed by atoms with van der Waals surface area (Å²) in [5.41, 5.74) is 0.833. The van der Waals surface area contributed by atoms with Crippen molar-refractivity contribution in [1.82, 2.24) is 4.57 Å². The molecule has 0 spiro atoms. The molecule has 0 amide bonds. The summed E-state index contributed by atoms with van der Waals surface area (Å²) in [5, 5.41) is 9.30. The van der Waals surface area contributed by atoms with Gasteiger partial charge in [-0.1, -0.05) is 11.6 Å². The van der Waals surface area contributed by atoms with Crippen LogP contribution in [0.5, 0.6) is 0 Å². The van der Waals surface area contributed by atoms with Crippen molar-refractivity contribution in [2.75, 3.05) is 0 Å². The molecule has 0 saturated heterocycles. The third-order valence-corrected chi connectivity index (χ3v) is 1.71. The second kappa shape index (κ2) is 2.42. The number of hydrogen-bond acceptors (Lipinski definition) is 1. The lowest BCUT2D eigenvalue weighted by Crippen LogP contribution is -1.94. The molecular formula is C6H8ClNO. The second-order valence-corrected chi connectivity index (χ2v) is 2.25. The number of nitrogens with zero attached hydrogens (tertiary/aromatic N) is 1. The molecule has 0 radical (unpaired) electrons. The summed E-state index contributed by atoms with van der Waals surface area (Å²) >= 11 is 5.66. The van der Waals surface area contributed by atoms with Gasteiger partial charge in [0.2, 0.25) is 0 Å². The summed E-state index contributed by atoms with van der Waals surface area (Å²) < 4.78 is 1.74. The predicted octanol–water partition coefficient (Wildman–Crippen LogP) is 1.17. The van der Waals surface area contributed by atoms with Crippen molar-refractivity contribution >= 4 is 11.6 Å². The van der Waals surface area contributed by atoms with Crippen LogP contribution in [0.25, 0.3) is 0 Å². The van der Waals surface area contributed by atoms with Gasteiger partial charge in [-0.2, -0.15) is 0 Å². The van der Waals surface area contributed by atoms with Gasteiger partial charge in [0.1, 0.15) is 5.15 Å². The molecule has 1 rings (SSSR count). The Morgan fingerprint density at radius 1 is 1.67 bits per heavy atom. The minimum atomic E-state index is 0.0449. The molecule has 1 N–H and O–H groups in total. The van der Waals surface area contributed by atoms with Crippen LogP contribution < -0.4 is 0 Å². The lowest BCUT2D eigenvalue weighted by atomic mass is 10.5. The Bertz CT molecular complexity index is 207. The minimum Gasteiger partial charge on any atom is -0.390 e. The average molecular weight is 146 g/mol. The van der Waals surface area contributed by atoms with E-state index in [4.69, 9.17) is 16.7 Å². The average Bonchev–Trinajstić information content (AvgIpc) is 2.15. The van der Waals surface area contributed by atoms with E-state index in [1.54, 1.807) is 16.7 Å². The molecule has 0 atom stereocenters. The highest BCUT2D eigenvalue weighted by molar-refractivity contribution is 6.29. The second-order valence-electron chi connectivity index (χ2n) is 1.86. The molecule has 9 heavy (non-hydrogen) atoms. The Morgan fingerprint density at radius 3 is 2.56 bits per heavy atom. The van der Waals surface area contributed by atoms with Gasteiger partial charge in [-0.15, -0.1) is 0 Å². The Kier molecular flexibility index (Phi) is 1.78. The lowest BCUT2D eigenvalue weighted by Gasteiger charge is -1.97. The first-order valence-electron chi connectivity index (χ1n) is 2.66. The predicted molar refractivity (Wildman–Crippen MR) is 36.3 cm³/mol. The van der Waals surface area contributed by atoms with Gasteiger partial charge in [0.15, 0.2) is 0 Å². The van der Waals surface area contributed by atoms with Gasteiger partial charge in [0.25, 0.3) is 0 Å². The SMILES string of the molecule is Cn1c(Cl)ccc1CO. The number of rotatable bonds is 1. The van der Waals surface area contributed by atoms with Crippen LogP contribution in [-0.4, -0.2) is 9.67 Å². The lowest BCUT2D eigenvalue weighted by molar-refractivity contribution is 0.273. The zero-order valence-corrected chi connectivity index (χ0v) is 5.89. The number of halogens is 1. The number of aliphatic hydroxyl groups is 1. The van der Waals surface area contributed by atoms with Crippen LogP contribution in [0.15, 0.2) is 12.1 Å². The van der Waals surface area contributed by atoms with Crippen LogP contribution in [0, 0.1) is 0 Å². The van der Waals surface area contributed by atoms with Gasteiger partial charge in [0.05, 0.1) is 6.61 Å². The van der Waals surface area contributed by atoms with Crippen molar-refractivity contribution in [2.45, 2.75) is 6.61 Å². The Labute approximate surface area is 58.7 Å². The van der Waals surface area contributed by atoms with E-state index in [2.05, 4.69) is 0 Å². The fourth-order valence-corrected chi connectivity index (χ4v) is 0.856. The third kappa shape index (κ3) is 1.09. The van der Waals surface area contributed by atoms with Crippen molar-refractivity contribution in [3.8, 4) is 0 Å². The smallest absolute Gasteiger partial charge is 0.108 e. The highest BCUT2D eigenvalue weighted by atomic mass is 35.5. The number of hydrogen-bond donors (Lipinski definition) is 1. The van der Waals surface area contributed by atoms with E-state index >= 15 is 0 Å². The normalized spacial score (nSPS) is 10.1. The standard InChI is InChI=1S/C6H8ClNO/c1-8-5(4-9)2-3-6(8)7/h2-3,9H,4H2,1H3. The molecule has 0 aromatic carbocycles. The van der Waals surface area contributed by atoms with Crippen LogP contribution in [0.3, 0.4) is 0 Å². The summed E-state index contributed by atoms with van der Waals surface area (Å²) in [4.78, 5) is 0. The zero-order valence-electron chi connectivity index (χ0n) is 5.13. The van der Waals surface area contributed by atoms with Crippen molar-refractivity contribution in [3.63, 3.8) is 0 Å². The number of aromatic nitrogens is 1. The van der Waals surface area contributed by atoms with E-state index < -0.39 is 0 Å². The first-order valence-corrected chi connectivity index (χ1v) is 3.04. The first-order chi connectivity index (χ1) is 4.25. The molecule has 50 valence electrons. The summed E-state index contributed by atoms with van der Waals surface area (Å²) in [6.07, 6.45) is 0. The fourth-order valence-electron chi connectivity index (χ4n) is 0.685. The van der Waals surface area contributed by atoms with Crippen molar-refractivity contribution < 1.29 is 5.11 Å². The Hall–Kier alpha value is -0.470. The molecule has 0 aliphatic carbocycles. The molecule has 3 heteroatoms. The third-order valence-electron chi connectivity index (χ3n) is 1.33. The molecule has 1 heterocycles. The van der Waals surface area contributed by atoms with Crippen molar-refractivity contribution in [2.24, 2.45) is 7.05 Å². The van der Waals surface area contributed by atoms with Gasteiger partial charge in [-0.05, 0) is 12.1 Å². The highest BCUT2D eigenvalue weighted by Gasteiger charge is 1.98. The van der Waals surface area contributed by atoms with E-state index in [0.29, 0.717) is 5.15 Å². The topological polar surface area (TPSA) is 25.2 Å². The molecule has 0 saturated carbocycles. The maximum absolute atomic E-state index is 8.65. The Balaban J connectivity index is 3.04. The minimum absolute atomic E-state index is 0.0449.